The van der Waals surface area contributed by atoms with E-state index in [0.717, 1.165) is 51.3 Å². The molecular formula is C21H30N4O. The van der Waals surface area contributed by atoms with Crippen LogP contribution < -0.4 is 0 Å². The summed E-state index contributed by atoms with van der Waals surface area (Å²) in [6, 6.07) is 10.4. The summed E-state index contributed by atoms with van der Waals surface area (Å²) in [7, 11) is 0. The molecule has 2 fully saturated rings. The number of piperidine rings is 1. The normalized spacial score (nSPS) is 27.8. The number of nitrogens with zero attached hydrogens (tertiary/aromatic N) is 4. The Balaban J connectivity index is 1.54. The summed E-state index contributed by atoms with van der Waals surface area (Å²) in [4.78, 5) is 4.99. The number of aliphatic hydroxyl groups is 1. The molecule has 26 heavy (non-hydrogen) atoms. The zero-order valence-electron chi connectivity index (χ0n) is 15.7. The molecule has 0 aliphatic carbocycles. The molecule has 2 aliphatic rings. The van der Waals surface area contributed by atoms with Crippen molar-refractivity contribution in [2.24, 2.45) is 0 Å². The maximum atomic E-state index is 11.7. The van der Waals surface area contributed by atoms with E-state index in [1.165, 1.54) is 18.4 Å². The Hall–Kier alpha value is -1.69. The molecule has 2 atom stereocenters. The molecule has 1 aromatic carbocycles. The summed E-state index contributed by atoms with van der Waals surface area (Å²) in [5.74, 6) is 0. The Kier molecular flexibility index (Phi) is 5.11. The lowest BCUT2D eigenvalue weighted by Crippen LogP contribution is -2.60. The highest BCUT2D eigenvalue weighted by atomic mass is 16.3. The number of hydrogen-bond donors (Lipinski definition) is 1. The van der Waals surface area contributed by atoms with Gasteiger partial charge in [-0.25, -0.2) is 0 Å². The van der Waals surface area contributed by atoms with E-state index in [4.69, 9.17) is 0 Å². The molecule has 5 heteroatoms. The minimum absolute atomic E-state index is 0.155. The number of rotatable bonds is 5. The molecule has 5 nitrogen and oxygen atoms in total. The van der Waals surface area contributed by atoms with E-state index in [1.807, 2.05) is 29.1 Å². The average Bonchev–Trinajstić information content (AvgIpc) is 3.36. The van der Waals surface area contributed by atoms with E-state index in [1.54, 1.807) is 0 Å². The van der Waals surface area contributed by atoms with Gasteiger partial charge in [0, 0.05) is 37.9 Å². The molecular weight excluding hydrogens is 324 g/mol. The Morgan fingerprint density at radius 2 is 1.92 bits per heavy atom. The molecule has 0 unspecified atom stereocenters. The monoisotopic (exact) mass is 354 g/mol. The summed E-state index contributed by atoms with van der Waals surface area (Å²) in [6.07, 6.45) is 7.38. The van der Waals surface area contributed by atoms with Crippen LogP contribution in [0.15, 0.2) is 42.7 Å². The van der Waals surface area contributed by atoms with E-state index in [9.17, 15) is 5.11 Å². The van der Waals surface area contributed by atoms with Crippen LogP contribution in [0.4, 0.5) is 0 Å². The van der Waals surface area contributed by atoms with Crippen molar-refractivity contribution in [1.82, 2.24) is 19.6 Å². The second kappa shape index (κ2) is 7.51. The molecule has 4 rings (SSSR count). The zero-order chi connectivity index (χ0) is 18.0. The summed E-state index contributed by atoms with van der Waals surface area (Å²) in [5, 5.41) is 16.1. The third kappa shape index (κ3) is 3.43. The van der Waals surface area contributed by atoms with E-state index in [0.29, 0.717) is 0 Å². The van der Waals surface area contributed by atoms with E-state index in [-0.39, 0.29) is 6.04 Å². The molecule has 3 heterocycles. The summed E-state index contributed by atoms with van der Waals surface area (Å²) in [6.45, 7) is 7.94. The molecule has 2 aromatic rings. The van der Waals surface area contributed by atoms with Crippen LogP contribution in [0.25, 0.3) is 0 Å². The summed E-state index contributed by atoms with van der Waals surface area (Å²) < 4.78 is 1.98. The predicted molar refractivity (Wildman–Crippen MR) is 103 cm³/mol. The van der Waals surface area contributed by atoms with Crippen molar-refractivity contribution in [2.75, 3.05) is 26.2 Å². The topological polar surface area (TPSA) is 44.5 Å². The number of aryl methyl sites for hydroxylation is 1. The van der Waals surface area contributed by atoms with Gasteiger partial charge in [-0.15, -0.1) is 0 Å². The summed E-state index contributed by atoms with van der Waals surface area (Å²) in [5.41, 5.74) is 1.57. The Morgan fingerprint density at radius 1 is 1.15 bits per heavy atom. The first kappa shape index (κ1) is 17.7. The molecule has 0 amide bonds. The van der Waals surface area contributed by atoms with Crippen molar-refractivity contribution in [3.05, 3.63) is 53.9 Å². The van der Waals surface area contributed by atoms with Crippen molar-refractivity contribution in [1.29, 1.82) is 0 Å². The lowest BCUT2D eigenvalue weighted by Gasteiger charge is -2.48. The van der Waals surface area contributed by atoms with Crippen LogP contribution in [0.5, 0.6) is 0 Å². The average molecular weight is 354 g/mol. The molecule has 1 aromatic heterocycles. The SMILES string of the molecule is CCn1cc(CN2CC[C@](O)(c3ccccc3)[C@H](N3CCCC3)C2)cn1. The van der Waals surface area contributed by atoms with Gasteiger partial charge in [-0.05, 0) is 44.8 Å². The maximum Gasteiger partial charge on any atom is 0.108 e. The first-order valence-electron chi connectivity index (χ1n) is 9.94. The van der Waals surface area contributed by atoms with E-state index in [2.05, 4.69) is 40.2 Å². The molecule has 0 bridgehead atoms. The maximum absolute atomic E-state index is 11.7. The summed E-state index contributed by atoms with van der Waals surface area (Å²) >= 11 is 0. The highest BCUT2D eigenvalue weighted by Crippen LogP contribution is 2.37. The van der Waals surface area contributed by atoms with Crippen LogP contribution in [0.2, 0.25) is 0 Å². The number of benzene rings is 1. The Morgan fingerprint density at radius 3 is 2.62 bits per heavy atom. The van der Waals surface area contributed by atoms with Gasteiger partial charge in [0.25, 0.3) is 0 Å². The van der Waals surface area contributed by atoms with Gasteiger partial charge in [0.1, 0.15) is 5.60 Å². The minimum Gasteiger partial charge on any atom is -0.383 e. The lowest BCUT2D eigenvalue weighted by atomic mass is 9.79. The third-order valence-electron chi connectivity index (χ3n) is 6.06. The molecule has 2 aliphatic heterocycles. The van der Waals surface area contributed by atoms with Gasteiger partial charge in [-0.3, -0.25) is 14.5 Å². The molecule has 0 saturated carbocycles. The van der Waals surface area contributed by atoms with Crippen LogP contribution in [0.1, 0.15) is 37.3 Å². The fourth-order valence-electron chi connectivity index (χ4n) is 4.58. The molecule has 2 saturated heterocycles. The highest BCUT2D eigenvalue weighted by Gasteiger charge is 2.46. The van der Waals surface area contributed by atoms with Crippen molar-refractivity contribution in [3.8, 4) is 0 Å². The first-order chi connectivity index (χ1) is 12.7. The highest BCUT2D eigenvalue weighted by molar-refractivity contribution is 5.26. The van der Waals surface area contributed by atoms with Crippen LogP contribution in [0.3, 0.4) is 0 Å². The van der Waals surface area contributed by atoms with Crippen LogP contribution in [-0.4, -0.2) is 56.9 Å². The second-order valence-corrected chi connectivity index (χ2v) is 7.74. The largest absolute Gasteiger partial charge is 0.383 e. The Labute approximate surface area is 156 Å². The third-order valence-corrected chi connectivity index (χ3v) is 6.06. The molecule has 0 spiro atoms. The quantitative estimate of drug-likeness (QED) is 0.896. The van der Waals surface area contributed by atoms with Gasteiger partial charge >= 0.3 is 0 Å². The van der Waals surface area contributed by atoms with Gasteiger partial charge in [0.15, 0.2) is 0 Å². The fourth-order valence-corrected chi connectivity index (χ4v) is 4.58. The van der Waals surface area contributed by atoms with E-state index < -0.39 is 5.60 Å². The molecule has 140 valence electrons. The van der Waals surface area contributed by atoms with Gasteiger partial charge in [0.05, 0.1) is 12.2 Å². The van der Waals surface area contributed by atoms with Crippen LogP contribution >= 0.6 is 0 Å². The van der Waals surface area contributed by atoms with Gasteiger partial charge in [-0.2, -0.15) is 5.10 Å². The number of aromatic nitrogens is 2. The zero-order valence-corrected chi connectivity index (χ0v) is 15.7. The lowest BCUT2D eigenvalue weighted by molar-refractivity contribution is -0.0959. The van der Waals surface area contributed by atoms with Gasteiger partial charge in [-0.1, -0.05) is 30.3 Å². The molecule has 1 N–H and O–H groups in total. The van der Waals surface area contributed by atoms with Crippen molar-refractivity contribution in [3.63, 3.8) is 0 Å². The smallest absolute Gasteiger partial charge is 0.108 e. The second-order valence-electron chi connectivity index (χ2n) is 7.74. The van der Waals surface area contributed by atoms with Crippen molar-refractivity contribution >= 4 is 0 Å². The molecule has 0 radical (unpaired) electrons. The van der Waals surface area contributed by atoms with Gasteiger partial charge in [0.2, 0.25) is 0 Å². The van der Waals surface area contributed by atoms with E-state index >= 15 is 0 Å². The van der Waals surface area contributed by atoms with Crippen molar-refractivity contribution in [2.45, 2.75) is 50.9 Å². The minimum atomic E-state index is -0.754. The fraction of sp³-hybridized carbons (Fsp3) is 0.571. The Bertz CT molecular complexity index is 710. The predicted octanol–water partition coefficient (Wildman–Crippen LogP) is 2.46. The van der Waals surface area contributed by atoms with Crippen LogP contribution in [0, 0.1) is 0 Å². The number of hydrogen-bond acceptors (Lipinski definition) is 4. The first-order valence-corrected chi connectivity index (χ1v) is 9.94. The van der Waals surface area contributed by atoms with Crippen LogP contribution in [-0.2, 0) is 18.7 Å². The standard InChI is InChI=1S/C21H30N4O/c1-2-25-16-18(14-22-25)15-23-13-10-21(26,19-8-4-3-5-9-19)20(17-23)24-11-6-7-12-24/h3-5,8-9,14,16,20,26H,2,6-7,10-13,15,17H2,1H3/t20-,21+/m1/s1. The van der Waals surface area contributed by atoms with Crippen molar-refractivity contribution < 1.29 is 5.11 Å². The van der Waals surface area contributed by atoms with Gasteiger partial charge < -0.3 is 5.11 Å². The number of likely N-dealkylation sites (tertiary alicyclic amines) is 2.